The number of amides is 2. The highest BCUT2D eigenvalue weighted by Gasteiger charge is 2.33. The summed E-state index contributed by atoms with van der Waals surface area (Å²) in [6.07, 6.45) is 0. The first-order chi connectivity index (χ1) is 17.8. The number of aryl methyl sites for hydroxylation is 1. The van der Waals surface area contributed by atoms with E-state index < -0.39 is 34.1 Å². The average molecular weight is 556 g/mol. The van der Waals surface area contributed by atoms with E-state index in [4.69, 9.17) is 11.6 Å². The van der Waals surface area contributed by atoms with Crippen LogP contribution in [0.25, 0.3) is 0 Å². The molecule has 0 bridgehead atoms. The van der Waals surface area contributed by atoms with Crippen molar-refractivity contribution >= 4 is 39.1 Å². The highest BCUT2D eigenvalue weighted by Crippen LogP contribution is 2.25. The van der Waals surface area contributed by atoms with E-state index in [1.807, 2.05) is 27.7 Å². The van der Waals surface area contributed by atoms with Crippen molar-refractivity contribution in [3.8, 4) is 0 Å². The van der Waals surface area contributed by atoms with Gasteiger partial charge in [0.05, 0.1) is 10.6 Å². The topological polar surface area (TPSA) is 86.8 Å². The molecular formula is C29H34ClN3O4S. The van der Waals surface area contributed by atoms with Gasteiger partial charge in [-0.2, -0.15) is 0 Å². The van der Waals surface area contributed by atoms with Crippen LogP contribution in [0.1, 0.15) is 38.8 Å². The Morgan fingerprint density at radius 1 is 0.921 bits per heavy atom. The fourth-order valence-electron chi connectivity index (χ4n) is 3.83. The molecule has 1 atom stereocenters. The largest absolute Gasteiger partial charge is 0.350 e. The number of sulfonamides is 1. The quantitative estimate of drug-likeness (QED) is 0.394. The molecule has 0 radical (unpaired) electrons. The number of hydrogen-bond acceptors (Lipinski definition) is 4. The molecule has 0 saturated heterocycles. The van der Waals surface area contributed by atoms with E-state index in [0.717, 1.165) is 9.87 Å². The van der Waals surface area contributed by atoms with Gasteiger partial charge >= 0.3 is 0 Å². The lowest BCUT2D eigenvalue weighted by Gasteiger charge is -2.33. The van der Waals surface area contributed by atoms with Gasteiger partial charge in [-0.05, 0) is 70.5 Å². The van der Waals surface area contributed by atoms with Crippen molar-refractivity contribution in [2.75, 3.05) is 10.8 Å². The molecule has 2 amide bonds. The summed E-state index contributed by atoms with van der Waals surface area (Å²) in [6.45, 7) is 8.60. The summed E-state index contributed by atoms with van der Waals surface area (Å²) in [5.41, 5.74) is 1.42. The molecule has 202 valence electrons. The molecule has 0 aliphatic heterocycles. The lowest BCUT2D eigenvalue weighted by Crippen LogP contribution is -2.54. The summed E-state index contributed by atoms with van der Waals surface area (Å²) in [4.78, 5) is 28.4. The van der Waals surface area contributed by atoms with Crippen LogP contribution in [-0.2, 0) is 26.2 Å². The Morgan fingerprint density at radius 3 is 2.08 bits per heavy atom. The molecule has 9 heteroatoms. The summed E-state index contributed by atoms with van der Waals surface area (Å²) in [7, 11) is -4.09. The molecular weight excluding hydrogens is 522 g/mol. The highest BCUT2D eigenvalue weighted by molar-refractivity contribution is 7.92. The predicted molar refractivity (Wildman–Crippen MR) is 152 cm³/mol. The fourth-order valence-corrected chi connectivity index (χ4v) is 5.46. The summed E-state index contributed by atoms with van der Waals surface area (Å²) >= 11 is 6.39. The van der Waals surface area contributed by atoms with Gasteiger partial charge in [0.1, 0.15) is 12.6 Å². The summed E-state index contributed by atoms with van der Waals surface area (Å²) < 4.78 is 28.6. The SMILES string of the molecule is Cc1ccc(N(CC(=O)N(Cc2ccccc2Cl)C(C)C(=O)NC(C)(C)C)S(=O)(=O)c2ccccc2)cc1. The number of rotatable bonds is 9. The molecule has 0 spiro atoms. The van der Waals surface area contributed by atoms with Crippen LogP contribution in [0.3, 0.4) is 0 Å². The lowest BCUT2D eigenvalue weighted by atomic mass is 10.1. The minimum Gasteiger partial charge on any atom is -0.350 e. The van der Waals surface area contributed by atoms with E-state index in [2.05, 4.69) is 5.32 Å². The number of carbonyl (C=O) groups is 2. The summed E-state index contributed by atoms with van der Waals surface area (Å²) in [6, 6.07) is 21.0. The van der Waals surface area contributed by atoms with E-state index in [-0.39, 0.29) is 17.3 Å². The third-order valence-corrected chi connectivity index (χ3v) is 8.05. The van der Waals surface area contributed by atoms with Crippen molar-refractivity contribution in [2.45, 2.75) is 57.6 Å². The third-order valence-electron chi connectivity index (χ3n) is 5.90. The van der Waals surface area contributed by atoms with Gasteiger partial charge in [-0.25, -0.2) is 8.42 Å². The number of anilines is 1. The molecule has 0 aliphatic carbocycles. The van der Waals surface area contributed by atoms with Crippen molar-refractivity contribution in [1.82, 2.24) is 10.2 Å². The summed E-state index contributed by atoms with van der Waals surface area (Å²) in [5, 5.41) is 3.35. The normalized spacial score (nSPS) is 12.5. The average Bonchev–Trinajstić information content (AvgIpc) is 2.86. The molecule has 3 aromatic carbocycles. The molecule has 3 aromatic rings. The smallest absolute Gasteiger partial charge is 0.264 e. The maximum atomic E-state index is 13.9. The van der Waals surface area contributed by atoms with Crippen molar-refractivity contribution in [2.24, 2.45) is 0 Å². The first kappa shape index (κ1) is 29.2. The minimum absolute atomic E-state index is 0.0321. The number of nitrogens with one attached hydrogen (secondary N) is 1. The Balaban J connectivity index is 2.03. The molecule has 1 unspecified atom stereocenters. The molecule has 3 rings (SSSR count). The summed E-state index contributed by atoms with van der Waals surface area (Å²) in [5.74, 6) is -0.896. The molecule has 38 heavy (non-hydrogen) atoms. The first-order valence-electron chi connectivity index (χ1n) is 12.3. The van der Waals surface area contributed by atoms with E-state index >= 15 is 0 Å². The van der Waals surface area contributed by atoms with Gasteiger partial charge in [-0.3, -0.25) is 13.9 Å². The molecule has 0 aliphatic rings. The van der Waals surface area contributed by atoms with Gasteiger partial charge in [0.2, 0.25) is 11.8 Å². The Bertz CT molecular complexity index is 1370. The highest BCUT2D eigenvalue weighted by atomic mass is 35.5. The maximum absolute atomic E-state index is 13.9. The molecule has 7 nitrogen and oxygen atoms in total. The molecule has 1 N–H and O–H groups in total. The molecule has 0 heterocycles. The number of halogens is 1. The Kier molecular flexibility index (Phi) is 9.22. The number of hydrogen-bond donors (Lipinski definition) is 1. The maximum Gasteiger partial charge on any atom is 0.264 e. The van der Waals surface area contributed by atoms with E-state index in [9.17, 15) is 18.0 Å². The zero-order valence-electron chi connectivity index (χ0n) is 22.3. The van der Waals surface area contributed by atoms with E-state index in [1.165, 1.54) is 17.0 Å². The standard InChI is InChI=1S/C29H34ClN3O4S/c1-21-15-17-24(18-16-21)33(38(36,37)25-12-7-6-8-13-25)20-27(34)32(19-23-11-9-10-14-26(23)30)22(2)28(35)31-29(3,4)5/h6-18,22H,19-20H2,1-5H3,(H,31,35). The van der Waals surface area contributed by atoms with Gasteiger partial charge in [-0.15, -0.1) is 0 Å². The Morgan fingerprint density at radius 2 is 1.50 bits per heavy atom. The van der Waals surface area contributed by atoms with Gasteiger partial charge in [0, 0.05) is 17.1 Å². The Hall–Kier alpha value is -3.36. The van der Waals surface area contributed by atoms with Crippen LogP contribution in [-0.4, -0.2) is 43.3 Å². The third kappa shape index (κ3) is 7.36. The van der Waals surface area contributed by atoms with Crippen LogP contribution in [0.4, 0.5) is 5.69 Å². The van der Waals surface area contributed by atoms with Crippen molar-refractivity contribution in [1.29, 1.82) is 0 Å². The number of benzene rings is 3. The monoisotopic (exact) mass is 555 g/mol. The van der Waals surface area contributed by atoms with Crippen LogP contribution in [0, 0.1) is 6.92 Å². The van der Waals surface area contributed by atoms with Crippen LogP contribution in [0.2, 0.25) is 5.02 Å². The van der Waals surface area contributed by atoms with E-state index in [1.54, 1.807) is 73.7 Å². The fraction of sp³-hybridized carbons (Fsp3) is 0.310. The first-order valence-corrected chi connectivity index (χ1v) is 14.1. The molecule has 0 saturated carbocycles. The van der Waals surface area contributed by atoms with Gasteiger partial charge in [-0.1, -0.05) is 65.7 Å². The second kappa shape index (κ2) is 12.0. The van der Waals surface area contributed by atoms with Crippen LogP contribution in [0.5, 0.6) is 0 Å². The molecule has 0 aromatic heterocycles. The van der Waals surface area contributed by atoms with Crippen LogP contribution >= 0.6 is 11.6 Å². The van der Waals surface area contributed by atoms with Crippen molar-refractivity contribution in [3.05, 3.63) is 95.0 Å². The van der Waals surface area contributed by atoms with Crippen molar-refractivity contribution < 1.29 is 18.0 Å². The number of nitrogens with zero attached hydrogens (tertiary/aromatic N) is 2. The van der Waals surface area contributed by atoms with Gasteiger partial charge in [0.25, 0.3) is 10.0 Å². The van der Waals surface area contributed by atoms with Crippen molar-refractivity contribution in [3.63, 3.8) is 0 Å². The second-order valence-electron chi connectivity index (χ2n) is 10.2. The van der Waals surface area contributed by atoms with Gasteiger partial charge < -0.3 is 10.2 Å². The van der Waals surface area contributed by atoms with E-state index in [0.29, 0.717) is 16.3 Å². The van der Waals surface area contributed by atoms with Crippen LogP contribution in [0.15, 0.2) is 83.8 Å². The zero-order valence-corrected chi connectivity index (χ0v) is 23.9. The number of carbonyl (C=O) groups excluding carboxylic acids is 2. The predicted octanol–water partition coefficient (Wildman–Crippen LogP) is 5.18. The zero-order chi connectivity index (χ0) is 28.1. The Labute approximate surface area is 230 Å². The molecule has 0 fully saturated rings. The van der Waals surface area contributed by atoms with Crippen LogP contribution < -0.4 is 9.62 Å². The lowest BCUT2D eigenvalue weighted by molar-refractivity contribution is -0.140. The second-order valence-corrected chi connectivity index (χ2v) is 12.5. The minimum atomic E-state index is -4.09. The van der Waals surface area contributed by atoms with Gasteiger partial charge in [0.15, 0.2) is 0 Å².